The smallest absolute Gasteiger partial charge is 0.336 e. The Morgan fingerprint density at radius 3 is 2.32 bits per heavy atom. The molecule has 0 unspecified atom stereocenters. The van der Waals surface area contributed by atoms with Crippen molar-refractivity contribution in [2.75, 3.05) is 12.4 Å². The lowest BCUT2D eigenvalue weighted by Crippen LogP contribution is -2.12. The molecule has 4 aromatic rings. The number of nitrogens with zero attached hydrogens (tertiary/aromatic N) is 3. The summed E-state index contributed by atoms with van der Waals surface area (Å²) >= 11 is 11.9. The molecule has 0 saturated heterocycles. The fourth-order valence-electron chi connectivity index (χ4n) is 2.98. The molecule has 0 bridgehead atoms. The van der Waals surface area contributed by atoms with Crippen LogP contribution in [-0.4, -0.2) is 27.8 Å². The first-order valence-corrected chi connectivity index (χ1v) is 10.1. The van der Waals surface area contributed by atoms with Crippen LogP contribution in [0.2, 0.25) is 10.0 Å². The molecule has 1 amide bonds. The number of halogens is 2. The molecule has 0 fully saturated rings. The zero-order chi connectivity index (χ0) is 22.0. The van der Waals surface area contributed by atoms with Gasteiger partial charge in [0.05, 0.1) is 22.8 Å². The first-order chi connectivity index (χ1) is 14.9. The summed E-state index contributed by atoms with van der Waals surface area (Å²) in [6.07, 6.45) is 0. The van der Waals surface area contributed by atoms with Gasteiger partial charge < -0.3 is 10.1 Å². The second-order valence-corrected chi connectivity index (χ2v) is 7.64. The van der Waals surface area contributed by atoms with Gasteiger partial charge in [0, 0.05) is 16.8 Å². The zero-order valence-corrected chi connectivity index (χ0v) is 18.3. The van der Waals surface area contributed by atoms with E-state index < -0.39 is 0 Å². The number of carbonyl (C=O) groups is 1. The number of hydrogen-bond acceptors (Lipinski definition) is 4. The van der Waals surface area contributed by atoms with Crippen molar-refractivity contribution in [3.63, 3.8) is 0 Å². The molecule has 0 aliphatic heterocycles. The van der Waals surface area contributed by atoms with Gasteiger partial charge in [0.1, 0.15) is 0 Å². The average molecular weight is 453 g/mol. The van der Waals surface area contributed by atoms with Crippen molar-refractivity contribution in [2.24, 2.45) is 0 Å². The highest BCUT2D eigenvalue weighted by atomic mass is 35.5. The first kappa shape index (κ1) is 20.9. The monoisotopic (exact) mass is 452 g/mol. The lowest BCUT2D eigenvalue weighted by atomic mass is 10.1. The van der Waals surface area contributed by atoms with Gasteiger partial charge in [-0.25, -0.2) is 4.68 Å². The Hall–Kier alpha value is -3.35. The van der Waals surface area contributed by atoms with E-state index in [0.717, 1.165) is 16.8 Å². The summed E-state index contributed by atoms with van der Waals surface area (Å²) < 4.78 is 6.93. The summed E-state index contributed by atoms with van der Waals surface area (Å²) in [5.41, 5.74) is 3.89. The van der Waals surface area contributed by atoms with Crippen LogP contribution in [0.1, 0.15) is 15.9 Å². The maximum absolute atomic E-state index is 12.5. The molecule has 0 saturated carbocycles. The fourth-order valence-corrected chi connectivity index (χ4v) is 3.27. The lowest BCUT2D eigenvalue weighted by Gasteiger charge is -2.09. The number of aryl methyl sites for hydroxylation is 1. The van der Waals surface area contributed by atoms with E-state index in [9.17, 15) is 4.79 Å². The third-order valence-corrected chi connectivity index (χ3v) is 5.37. The molecule has 1 N–H and O–H groups in total. The predicted octanol–water partition coefficient (Wildman–Crippen LogP) is 5.81. The van der Waals surface area contributed by atoms with Crippen molar-refractivity contribution >= 4 is 34.8 Å². The Morgan fingerprint density at radius 1 is 0.968 bits per heavy atom. The third kappa shape index (κ3) is 4.55. The SMILES string of the molecule is COc1nc(-c2ccc(C)cc2)n(-c2ccc(NC(=O)c3ccc(Cl)c(Cl)c3)cc2)n1. The van der Waals surface area contributed by atoms with Gasteiger partial charge in [-0.05, 0) is 49.4 Å². The topological polar surface area (TPSA) is 69.0 Å². The van der Waals surface area contributed by atoms with Gasteiger partial charge in [0.25, 0.3) is 5.91 Å². The number of carbonyl (C=O) groups excluding carboxylic acids is 1. The Balaban J connectivity index is 1.59. The van der Waals surface area contributed by atoms with Crippen molar-refractivity contribution in [2.45, 2.75) is 6.92 Å². The third-order valence-electron chi connectivity index (χ3n) is 4.63. The standard InChI is InChI=1S/C23H18Cl2N4O2/c1-14-3-5-15(6-4-14)21-27-23(31-2)28-29(21)18-10-8-17(9-11-18)26-22(30)16-7-12-19(24)20(25)13-16/h3-13H,1-2H3,(H,26,30). The van der Waals surface area contributed by atoms with Crippen LogP contribution in [0, 0.1) is 6.92 Å². The summed E-state index contributed by atoms with van der Waals surface area (Å²) in [4.78, 5) is 17.0. The normalized spacial score (nSPS) is 10.7. The maximum atomic E-state index is 12.5. The van der Waals surface area contributed by atoms with E-state index in [1.807, 2.05) is 43.3 Å². The summed E-state index contributed by atoms with van der Waals surface area (Å²) in [5.74, 6) is 0.374. The number of rotatable bonds is 5. The average Bonchev–Trinajstić information content (AvgIpc) is 3.21. The minimum absolute atomic E-state index is 0.271. The van der Waals surface area contributed by atoms with Crippen molar-refractivity contribution in [1.29, 1.82) is 0 Å². The van der Waals surface area contributed by atoms with E-state index in [-0.39, 0.29) is 11.9 Å². The first-order valence-electron chi connectivity index (χ1n) is 9.39. The summed E-state index contributed by atoms with van der Waals surface area (Å²) in [5, 5.41) is 7.99. The minimum Gasteiger partial charge on any atom is -0.466 e. The molecule has 4 rings (SSSR count). The molecule has 0 aliphatic carbocycles. The van der Waals surface area contributed by atoms with Crippen LogP contribution < -0.4 is 10.1 Å². The molecule has 156 valence electrons. The van der Waals surface area contributed by atoms with E-state index in [2.05, 4.69) is 15.4 Å². The highest BCUT2D eigenvalue weighted by molar-refractivity contribution is 6.42. The van der Waals surface area contributed by atoms with Crippen LogP contribution >= 0.6 is 23.2 Å². The quantitative estimate of drug-likeness (QED) is 0.414. The van der Waals surface area contributed by atoms with Crippen molar-refractivity contribution in [3.05, 3.63) is 87.9 Å². The number of nitrogens with one attached hydrogen (secondary N) is 1. The molecule has 31 heavy (non-hydrogen) atoms. The van der Waals surface area contributed by atoms with Crippen LogP contribution in [0.3, 0.4) is 0 Å². The molecule has 0 radical (unpaired) electrons. The van der Waals surface area contributed by atoms with Gasteiger partial charge in [0.2, 0.25) is 0 Å². The van der Waals surface area contributed by atoms with E-state index in [0.29, 0.717) is 27.1 Å². The second kappa shape index (κ2) is 8.79. The number of ether oxygens (including phenoxy) is 1. The minimum atomic E-state index is -0.283. The highest BCUT2D eigenvalue weighted by Gasteiger charge is 2.15. The largest absolute Gasteiger partial charge is 0.466 e. The Morgan fingerprint density at radius 2 is 1.68 bits per heavy atom. The summed E-state index contributed by atoms with van der Waals surface area (Å²) in [6, 6.07) is 20.3. The van der Waals surface area contributed by atoms with Gasteiger partial charge in [-0.2, -0.15) is 4.98 Å². The molecule has 6 nitrogen and oxygen atoms in total. The van der Waals surface area contributed by atoms with Crippen LogP contribution in [0.25, 0.3) is 17.1 Å². The Bertz CT molecular complexity index is 1240. The number of anilines is 1. The summed E-state index contributed by atoms with van der Waals surface area (Å²) in [7, 11) is 1.53. The Labute approximate surface area is 189 Å². The van der Waals surface area contributed by atoms with Gasteiger partial charge in [-0.1, -0.05) is 53.0 Å². The summed E-state index contributed by atoms with van der Waals surface area (Å²) in [6.45, 7) is 2.03. The van der Waals surface area contributed by atoms with E-state index in [1.165, 1.54) is 13.2 Å². The van der Waals surface area contributed by atoms with Crippen LogP contribution in [0.5, 0.6) is 6.01 Å². The van der Waals surface area contributed by atoms with Gasteiger partial charge >= 0.3 is 6.01 Å². The number of hydrogen-bond donors (Lipinski definition) is 1. The van der Waals surface area contributed by atoms with Crippen molar-refractivity contribution in [3.8, 4) is 23.1 Å². The second-order valence-electron chi connectivity index (χ2n) is 6.83. The number of aromatic nitrogens is 3. The van der Waals surface area contributed by atoms with Gasteiger partial charge in [0.15, 0.2) is 5.82 Å². The maximum Gasteiger partial charge on any atom is 0.336 e. The van der Waals surface area contributed by atoms with Gasteiger partial charge in [-0.15, -0.1) is 5.10 Å². The van der Waals surface area contributed by atoms with Gasteiger partial charge in [-0.3, -0.25) is 4.79 Å². The number of benzene rings is 3. The number of methoxy groups -OCH3 is 1. The van der Waals surface area contributed by atoms with Crippen LogP contribution in [0.4, 0.5) is 5.69 Å². The van der Waals surface area contributed by atoms with Crippen molar-refractivity contribution in [1.82, 2.24) is 14.8 Å². The molecule has 1 aromatic heterocycles. The van der Waals surface area contributed by atoms with E-state index in [1.54, 1.807) is 28.9 Å². The molecule has 0 spiro atoms. The van der Waals surface area contributed by atoms with E-state index in [4.69, 9.17) is 27.9 Å². The molecular weight excluding hydrogens is 435 g/mol. The molecule has 0 aliphatic rings. The molecule has 1 heterocycles. The van der Waals surface area contributed by atoms with E-state index >= 15 is 0 Å². The molecule has 3 aromatic carbocycles. The molecular formula is C23H18Cl2N4O2. The number of amides is 1. The lowest BCUT2D eigenvalue weighted by molar-refractivity contribution is 0.102. The highest BCUT2D eigenvalue weighted by Crippen LogP contribution is 2.26. The van der Waals surface area contributed by atoms with Crippen LogP contribution in [-0.2, 0) is 0 Å². The predicted molar refractivity (Wildman–Crippen MR) is 122 cm³/mol. The molecule has 8 heteroatoms. The fraction of sp³-hybridized carbons (Fsp3) is 0.0870. The Kier molecular flexibility index (Phi) is 5.93. The molecule has 0 atom stereocenters. The van der Waals surface area contributed by atoms with Crippen LogP contribution in [0.15, 0.2) is 66.7 Å². The zero-order valence-electron chi connectivity index (χ0n) is 16.8. The van der Waals surface area contributed by atoms with Crippen molar-refractivity contribution < 1.29 is 9.53 Å².